The molecule has 0 bridgehead atoms. The van der Waals surface area contributed by atoms with Crippen LogP contribution in [0.3, 0.4) is 0 Å². The molecule has 19 heavy (non-hydrogen) atoms. The largest absolute Gasteiger partial charge is 0.497 e. The standard InChI is InChI=1S/C14H20N2O3/c1-10-8-11(18-2)9-12(19-3)13(10)14(17)16-6-4-15-5-7-16/h8-9,15H,4-7H2,1-3H3. The fourth-order valence-corrected chi connectivity index (χ4v) is 2.30. The molecule has 1 aliphatic rings. The monoisotopic (exact) mass is 264 g/mol. The van der Waals surface area contributed by atoms with E-state index >= 15 is 0 Å². The number of hydrogen-bond donors (Lipinski definition) is 1. The van der Waals surface area contributed by atoms with Crippen molar-refractivity contribution in [3.8, 4) is 11.5 Å². The third-order valence-corrected chi connectivity index (χ3v) is 3.35. The van der Waals surface area contributed by atoms with Gasteiger partial charge in [-0.15, -0.1) is 0 Å². The Morgan fingerprint density at radius 3 is 2.47 bits per heavy atom. The highest BCUT2D eigenvalue weighted by atomic mass is 16.5. The molecule has 0 aliphatic carbocycles. The van der Waals surface area contributed by atoms with Crippen LogP contribution in [0.15, 0.2) is 12.1 Å². The number of piperazine rings is 1. The molecule has 0 saturated carbocycles. The number of rotatable bonds is 3. The molecule has 1 aromatic rings. The van der Waals surface area contributed by atoms with Crippen molar-refractivity contribution in [2.24, 2.45) is 0 Å². The molecular formula is C14H20N2O3. The number of nitrogens with zero attached hydrogens (tertiary/aromatic N) is 1. The first-order valence-corrected chi connectivity index (χ1v) is 6.40. The third kappa shape index (κ3) is 2.81. The van der Waals surface area contributed by atoms with E-state index in [1.807, 2.05) is 17.9 Å². The van der Waals surface area contributed by atoms with Gasteiger partial charge in [-0.05, 0) is 18.6 Å². The fourth-order valence-electron chi connectivity index (χ4n) is 2.30. The van der Waals surface area contributed by atoms with E-state index in [4.69, 9.17) is 9.47 Å². The highest BCUT2D eigenvalue weighted by Crippen LogP contribution is 2.29. The number of aryl methyl sites for hydroxylation is 1. The maximum atomic E-state index is 12.6. The molecule has 0 unspecified atom stereocenters. The summed E-state index contributed by atoms with van der Waals surface area (Å²) in [5, 5.41) is 3.24. The summed E-state index contributed by atoms with van der Waals surface area (Å²) in [5.74, 6) is 1.30. The van der Waals surface area contributed by atoms with Gasteiger partial charge in [-0.2, -0.15) is 0 Å². The zero-order valence-electron chi connectivity index (χ0n) is 11.7. The lowest BCUT2D eigenvalue weighted by atomic mass is 10.1. The molecule has 5 heteroatoms. The van der Waals surface area contributed by atoms with E-state index < -0.39 is 0 Å². The second-order valence-corrected chi connectivity index (χ2v) is 4.56. The highest BCUT2D eigenvalue weighted by molar-refractivity contribution is 5.98. The smallest absolute Gasteiger partial charge is 0.257 e. The average molecular weight is 264 g/mol. The summed E-state index contributed by atoms with van der Waals surface area (Å²) in [4.78, 5) is 14.4. The van der Waals surface area contributed by atoms with E-state index in [9.17, 15) is 4.79 Å². The van der Waals surface area contributed by atoms with Gasteiger partial charge in [-0.25, -0.2) is 0 Å². The first-order valence-electron chi connectivity index (χ1n) is 6.40. The van der Waals surface area contributed by atoms with E-state index in [2.05, 4.69) is 5.32 Å². The number of hydrogen-bond acceptors (Lipinski definition) is 4. The normalized spacial score (nSPS) is 15.2. The molecule has 104 valence electrons. The summed E-state index contributed by atoms with van der Waals surface area (Å²) in [6, 6.07) is 3.61. The molecule has 1 aromatic carbocycles. The number of carbonyl (C=O) groups excluding carboxylic acids is 1. The molecule has 5 nitrogen and oxygen atoms in total. The SMILES string of the molecule is COc1cc(C)c(C(=O)N2CCNCC2)c(OC)c1. The predicted molar refractivity (Wildman–Crippen MR) is 73.1 cm³/mol. The minimum absolute atomic E-state index is 0.0264. The molecule has 0 radical (unpaired) electrons. The number of ether oxygens (including phenoxy) is 2. The molecule has 1 N–H and O–H groups in total. The first kappa shape index (κ1) is 13.7. The molecule has 1 aliphatic heterocycles. The van der Waals surface area contributed by atoms with Crippen LogP contribution in [0.25, 0.3) is 0 Å². The van der Waals surface area contributed by atoms with E-state index in [0.717, 1.165) is 31.7 Å². The van der Waals surface area contributed by atoms with Crippen LogP contribution in [0.5, 0.6) is 11.5 Å². The topological polar surface area (TPSA) is 50.8 Å². The molecule has 1 fully saturated rings. The lowest BCUT2D eigenvalue weighted by Gasteiger charge is -2.28. The second-order valence-electron chi connectivity index (χ2n) is 4.56. The number of amides is 1. The van der Waals surface area contributed by atoms with Crippen LogP contribution in [-0.2, 0) is 0 Å². The highest BCUT2D eigenvalue weighted by Gasteiger charge is 2.23. The summed E-state index contributed by atoms with van der Waals surface area (Å²) < 4.78 is 10.5. The van der Waals surface area contributed by atoms with Crippen LogP contribution in [-0.4, -0.2) is 51.2 Å². The van der Waals surface area contributed by atoms with Gasteiger partial charge in [-0.1, -0.05) is 0 Å². The van der Waals surface area contributed by atoms with Gasteiger partial charge in [0.25, 0.3) is 5.91 Å². The molecule has 1 heterocycles. The predicted octanol–water partition coefficient (Wildman–Crippen LogP) is 1.06. The molecular weight excluding hydrogens is 244 g/mol. The lowest BCUT2D eigenvalue weighted by molar-refractivity contribution is 0.0731. The molecule has 0 spiro atoms. The average Bonchev–Trinajstić information content (AvgIpc) is 2.46. The molecule has 0 atom stereocenters. The van der Waals surface area contributed by atoms with Gasteiger partial charge < -0.3 is 19.7 Å². The molecule has 2 rings (SSSR count). The summed E-state index contributed by atoms with van der Waals surface area (Å²) >= 11 is 0. The minimum Gasteiger partial charge on any atom is -0.497 e. The Balaban J connectivity index is 2.34. The minimum atomic E-state index is 0.0264. The summed E-state index contributed by atoms with van der Waals surface area (Å²) in [6.07, 6.45) is 0. The van der Waals surface area contributed by atoms with Gasteiger partial charge in [-0.3, -0.25) is 4.79 Å². The quantitative estimate of drug-likeness (QED) is 0.887. The Morgan fingerprint density at radius 1 is 1.21 bits per heavy atom. The summed E-state index contributed by atoms with van der Waals surface area (Å²) in [7, 11) is 3.18. The molecule has 1 amide bonds. The van der Waals surface area contributed by atoms with Gasteiger partial charge in [0.05, 0.1) is 19.8 Å². The Labute approximate surface area is 113 Å². The van der Waals surface area contributed by atoms with Gasteiger partial charge in [0, 0.05) is 32.2 Å². The maximum Gasteiger partial charge on any atom is 0.257 e. The van der Waals surface area contributed by atoms with Crippen LogP contribution in [0.2, 0.25) is 0 Å². The Kier molecular flexibility index (Phi) is 4.27. The van der Waals surface area contributed by atoms with Gasteiger partial charge in [0.15, 0.2) is 0 Å². The number of nitrogens with one attached hydrogen (secondary N) is 1. The van der Waals surface area contributed by atoms with Crippen molar-refractivity contribution in [1.29, 1.82) is 0 Å². The Bertz CT molecular complexity index is 468. The van der Waals surface area contributed by atoms with E-state index in [1.54, 1.807) is 20.3 Å². The van der Waals surface area contributed by atoms with E-state index in [-0.39, 0.29) is 5.91 Å². The number of carbonyl (C=O) groups is 1. The van der Waals surface area contributed by atoms with Gasteiger partial charge >= 0.3 is 0 Å². The van der Waals surface area contributed by atoms with Crippen LogP contribution >= 0.6 is 0 Å². The van der Waals surface area contributed by atoms with Crippen molar-refractivity contribution >= 4 is 5.91 Å². The summed E-state index contributed by atoms with van der Waals surface area (Å²) in [5.41, 5.74) is 1.50. The molecule has 0 aromatic heterocycles. The van der Waals surface area contributed by atoms with Crippen LogP contribution in [0.1, 0.15) is 15.9 Å². The van der Waals surface area contributed by atoms with Crippen molar-refractivity contribution in [2.45, 2.75) is 6.92 Å². The maximum absolute atomic E-state index is 12.6. The van der Waals surface area contributed by atoms with Crippen LogP contribution in [0.4, 0.5) is 0 Å². The van der Waals surface area contributed by atoms with Crippen molar-refractivity contribution < 1.29 is 14.3 Å². The molecule has 1 saturated heterocycles. The second kappa shape index (κ2) is 5.93. The zero-order chi connectivity index (χ0) is 13.8. The van der Waals surface area contributed by atoms with Crippen molar-refractivity contribution in [3.05, 3.63) is 23.3 Å². The fraction of sp³-hybridized carbons (Fsp3) is 0.500. The van der Waals surface area contributed by atoms with Crippen molar-refractivity contribution in [3.63, 3.8) is 0 Å². The first-order chi connectivity index (χ1) is 9.17. The van der Waals surface area contributed by atoms with Crippen molar-refractivity contribution in [2.75, 3.05) is 40.4 Å². The Hall–Kier alpha value is -1.75. The zero-order valence-corrected chi connectivity index (χ0v) is 11.7. The van der Waals surface area contributed by atoms with E-state index in [0.29, 0.717) is 17.1 Å². The summed E-state index contributed by atoms with van der Waals surface area (Å²) in [6.45, 7) is 5.04. The third-order valence-electron chi connectivity index (χ3n) is 3.35. The number of methoxy groups -OCH3 is 2. The number of benzene rings is 1. The van der Waals surface area contributed by atoms with Crippen LogP contribution < -0.4 is 14.8 Å². The van der Waals surface area contributed by atoms with E-state index in [1.165, 1.54) is 0 Å². The Morgan fingerprint density at radius 2 is 1.89 bits per heavy atom. The van der Waals surface area contributed by atoms with Gasteiger partial charge in [0.1, 0.15) is 11.5 Å². The lowest BCUT2D eigenvalue weighted by Crippen LogP contribution is -2.46. The van der Waals surface area contributed by atoms with Crippen LogP contribution in [0, 0.1) is 6.92 Å². The van der Waals surface area contributed by atoms with Gasteiger partial charge in [0.2, 0.25) is 0 Å². The van der Waals surface area contributed by atoms with Crippen molar-refractivity contribution in [1.82, 2.24) is 10.2 Å².